The Morgan fingerprint density at radius 3 is 2.71 bits per heavy atom. The molecule has 0 bridgehead atoms. The van der Waals surface area contributed by atoms with Crippen molar-refractivity contribution in [1.29, 1.82) is 0 Å². The molecule has 17 heavy (non-hydrogen) atoms. The third-order valence-corrected chi connectivity index (χ3v) is 4.85. The molecule has 90 valence electrons. The number of rotatable bonds is 3. The zero-order valence-corrected chi connectivity index (χ0v) is 12.8. The van der Waals surface area contributed by atoms with Crippen LogP contribution >= 0.6 is 38.9 Å². The Hall–Kier alpha value is -0.510. The van der Waals surface area contributed by atoms with Crippen molar-refractivity contribution in [2.24, 2.45) is 0 Å². The summed E-state index contributed by atoms with van der Waals surface area (Å²) >= 11 is 11.3. The highest BCUT2D eigenvalue weighted by Crippen LogP contribution is 2.29. The van der Waals surface area contributed by atoms with Gasteiger partial charge in [-0.25, -0.2) is 0 Å². The van der Waals surface area contributed by atoms with Gasteiger partial charge in [0.25, 0.3) is 0 Å². The zero-order chi connectivity index (χ0) is 12.4. The molecule has 1 unspecified atom stereocenters. The zero-order valence-electron chi connectivity index (χ0n) is 9.63. The van der Waals surface area contributed by atoms with Crippen molar-refractivity contribution in [2.75, 3.05) is 5.32 Å². The predicted octanol–water partition coefficient (Wildman–Crippen LogP) is 5.65. The molecule has 0 aliphatic rings. The summed E-state index contributed by atoms with van der Waals surface area (Å²) in [6, 6.07) is 8.47. The van der Waals surface area contributed by atoms with Gasteiger partial charge in [-0.2, -0.15) is 0 Å². The number of hydrogen-bond acceptors (Lipinski definition) is 2. The number of aryl methyl sites for hydroxylation is 1. The summed E-state index contributed by atoms with van der Waals surface area (Å²) < 4.78 is 1.13. The fourth-order valence-electron chi connectivity index (χ4n) is 1.56. The van der Waals surface area contributed by atoms with E-state index in [-0.39, 0.29) is 6.04 Å². The lowest BCUT2D eigenvalue weighted by molar-refractivity contribution is 0.907. The molecule has 0 aliphatic heterocycles. The van der Waals surface area contributed by atoms with Gasteiger partial charge in [0.2, 0.25) is 0 Å². The molecule has 0 radical (unpaired) electrons. The molecule has 2 rings (SSSR count). The van der Waals surface area contributed by atoms with Crippen LogP contribution in [0.25, 0.3) is 0 Å². The second-order valence-electron chi connectivity index (χ2n) is 4.00. The lowest BCUT2D eigenvalue weighted by atomic mass is 10.2. The van der Waals surface area contributed by atoms with Crippen molar-refractivity contribution >= 4 is 44.6 Å². The number of nitrogens with one attached hydrogen (secondary N) is 1. The third kappa shape index (κ3) is 3.24. The fourth-order valence-corrected chi connectivity index (χ4v) is 3.19. The van der Waals surface area contributed by atoms with Crippen LogP contribution in [0.4, 0.5) is 5.69 Å². The smallest absolute Gasteiger partial charge is 0.0578 e. The van der Waals surface area contributed by atoms with Crippen molar-refractivity contribution in [3.63, 3.8) is 0 Å². The molecule has 0 aliphatic carbocycles. The Morgan fingerprint density at radius 1 is 1.35 bits per heavy atom. The number of thiophene rings is 1. The molecule has 0 saturated carbocycles. The van der Waals surface area contributed by atoms with Gasteiger partial charge in [-0.05, 0) is 53.5 Å². The summed E-state index contributed by atoms with van der Waals surface area (Å²) in [6.07, 6.45) is 0. The van der Waals surface area contributed by atoms with Gasteiger partial charge >= 0.3 is 0 Å². The molecule has 0 amide bonds. The van der Waals surface area contributed by atoms with Crippen molar-refractivity contribution in [1.82, 2.24) is 0 Å². The Bertz CT molecular complexity index is 524. The topological polar surface area (TPSA) is 12.0 Å². The Morgan fingerprint density at radius 2 is 2.12 bits per heavy atom. The highest BCUT2D eigenvalue weighted by atomic mass is 79.9. The van der Waals surface area contributed by atoms with E-state index >= 15 is 0 Å². The Labute approximate surface area is 119 Å². The van der Waals surface area contributed by atoms with E-state index in [0.717, 1.165) is 20.7 Å². The number of benzene rings is 1. The minimum absolute atomic E-state index is 0.282. The molecule has 1 atom stereocenters. The maximum absolute atomic E-state index is 6.10. The van der Waals surface area contributed by atoms with E-state index in [9.17, 15) is 0 Å². The van der Waals surface area contributed by atoms with E-state index in [1.54, 1.807) is 11.3 Å². The van der Waals surface area contributed by atoms with Gasteiger partial charge in [0.1, 0.15) is 0 Å². The van der Waals surface area contributed by atoms with Crippen molar-refractivity contribution in [3.8, 4) is 0 Å². The number of anilines is 1. The molecule has 0 spiro atoms. The van der Waals surface area contributed by atoms with Crippen LogP contribution in [0.5, 0.6) is 0 Å². The van der Waals surface area contributed by atoms with Gasteiger partial charge < -0.3 is 5.32 Å². The van der Waals surface area contributed by atoms with E-state index in [1.807, 2.05) is 19.1 Å². The normalized spacial score (nSPS) is 12.5. The Balaban J connectivity index is 2.12. The van der Waals surface area contributed by atoms with Crippen LogP contribution in [-0.4, -0.2) is 0 Å². The maximum atomic E-state index is 6.10. The molecule has 1 N–H and O–H groups in total. The fraction of sp³-hybridized carbons (Fsp3) is 0.231. The van der Waals surface area contributed by atoms with E-state index in [1.165, 1.54) is 4.88 Å². The molecule has 2 aromatic rings. The van der Waals surface area contributed by atoms with Crippen LogP contribution in [0.3, 0.4) is 0 Å². The quantitative estimate of drug-likeness (QED) is 0.767. The first-order valence-electron chi connectivity index (χ1n) is 5.33. The largest absolute Gasteiger partial charge is 0.378 e. The van der Waals surface area contributed by atoms with E-state index in [4.69, 9.17) is 11.6 Å². The van der Waals surface area contributed by atoms with Crippen molar-refractivity contribution in [3.05, 3.63) is 49.6 Å². The van der Waals surface area contributed by atoms with Gasteiger partial charge in [0, 0.05) is 25.4 Å². The average molecular weight is 331 g/mol. The first-order chi connectivity index (χ1) is 8.06. The summed E-state index contributed by atoms with van der Waals surface area (Å²) in [6.45, 7) is 4.15. The SMILES string of the molecule is Cc1ccc(NC(C)c2cc(Br)cs2)cc1Cl. The minimum atomic E-state index is 0.282. The van der Waals surface area contributed by atoms with Crippen molar-refractivity contribution in [2.45, 2.75) is 19.9 Å². The minimum Gasteiger partial charge on any atom is -0.378 e. The monoisotopic (exact) mass is 329 g/mol. The summed E-state index contributed by atoms with van der Waals surface area (Å²) in [4.78, 5) is 1.30. The van der Waals surface area contributed by atoms with Crippen LogP contribution in [0.1, 0.15) is 23.4 Å². The summed E-state index contributed by atoms with van der Waals surface area (Å²) in [7, 11) is 0. The molecule has 1 heterocycles. The summed E-state index contributed by atoms with van der Waals surface area (Å²) in [5, 5.41) is 6.34. The van der Waals surface area contributed by atoms with E-state index in [2.05, 4.69) is 45.7 Å². The van der Waals surface area contributed by atoms with E-state index in [0.29, 0.717) is 0 Å². The van der Waals surface area contributed by atoms with E-state index < -0.39 is 0 Å². The first-order valence-corrected chi connectivity index (χ1v) is 7.38. The van der Waals surface area contributed by atoms with Gasteiger partial charge in [0.05, 0.1) is 6.04 Å². The standard InChI is InChI=1S/C13H13BrClNS/c1-8-3-4-11(6-12(8)15)16-9(2)13-5-10(14)7-17-13/h3-7,9,16H,1-2H3. The summed E-state index contributed by atoms with van der Waals surface area (Å²) in [5.74, 6) is 0. The molecule has 1 aromatic carbocycles. The molecule has 0 fully saturated rings. The Kier molecular flexibility index (Phi) is 4.13. The second-order valence-corrected chi connectivity index (χ2v) is 6.26. The predicted molar refractivity (Wildman–Crippen MR) is 80.2 cm³/mol. The van der Waals surface area contributed by atoms with Crippen LogP contribution in [0, 0.1) is 6.92 Å². The third-order valence-electron chi connectivity index (χ3n) is 2.57. The molecular formula is C13H13BrClNS. The van der Waals surface area contributed by atoms with Crippen LogP contribution in [0.2, 0.25) is 5.02 Å². The molecule has 4 heteroatoms. The highest BCUT2D eigenvalue weighted by Gasteiger charge is 2.08. The van der Waals surface area contributed by atoms with Crippen molar-refractivity contribution < 1.29 is 0 Å². The lowest BCUT2D eigenvalue weighted by Crippen LogP contribution is -2.04. The highest BCUT2D eigenvalue weighted by molar-refractivity contribution is 9.10. The summed E-state index contributed by atoms with van der Waals surface area (Å²) in [5.41, 5.74) is 2.15. The van der Waals surface area contributed by atoms with Gasteiger partial charge in [-0.3, -0.25) is 0 Å². The number of halogens is 2. The number of hydrogen-bond donors (Lipinski definition) is 1. The molecule has 1 aromatic heterocycles. The molecule has 0 saturated heterocycles. The van der Waals surface area contributed by atoms with Crippen LogP contribution in [-0.2, 0) is 0 Å². The van der Waals surface area contributed by atoms with Gasteiger partial charge in [-0.15, -0.1) is 11.3 Å². The average Bonchev–Trinajstić information content (AvgIpc) is 2.70. The van der Waals surface area contributed by atoms with Crippen LogP contribution < -0.4 is 5.32 Å². The second kappa shape index (κ2) is 5.42. The van der Waals surface area contributed by atoms with Gasteiger partial charge in [-0.1, -0.05) is 17.7 Å². The molecular weight excluding hydrogens is 318 g/mol. The van der Waals surface area contributed by atoms with Crippen LogP contribution in [0.15, 0.2) is 34.1 Å². The van der Waals surface area contributed by atoms with Gasteiger partial charge in [0.15, 0.2) is 0 Å². The first kappa shape index (κ1) is 12.9. The maximum Gasteiger partial charge on any atom is 0.0578 e. The lowest BCUT2D eigenvalue weighted by Gasteiger charge is -2.14. The molecule has 1 nitrogen and oxygen atoms in total.